The minimum Gasteiger partial charge on any atom is -0.444 e. The Kier molecular flexibility index (Phi) is 5.71. The minimum absolute atomic E-state index is 0.0581. The number of piperazine rings is 1. The second-order valence-corrected chi connectivity index (χ2v) is 9.42. The van der Waals surface area contributed by atoms with Crippen molar-refractivity contribution in [3.63, 3.8) is 0 Å². The summed E-state index contributed by atoms with van der Waals surface area (Å²) in [4.78, 5) is 29.2. The lowest BCUT2D eigenvalue weighted by atomic mass is 10.0. The first-order valence-corrected chi connectivity index (χ1v) is 10.8. The van der Waals surface area contributed by atoms with Crippen molar-refractivity contribution in [3.05, 3.63) is 48.3 Å². The van der Waals surface area contributed by atoms with Gasteiger partial charge in [-0.15, -0.1) is 0 Å². The lowest BCUT2D eigenvalue weighted by Gasteiger charge is -2.41. The van der Waals surface area contributed by atoms with Crippen molar-refractivity contribution in [2.24, 2.45) is 0 Å². The summed E-state index contributed by atoms with van der Waals surface area (Å²) in [5.41, 5.74) is 8.13. The number of carbonyl (C=O) groups excluding carboxylic acids is 2. The van der Waals surface area contributed by atoms with Gasteiger partial charge < -0.3 is 20.7 Å². The highest BCUT2D eigenvalue weighted by Crippen LogP contribution is 2.33. The van der Waals surface area contributed by atoms with Crippen LogP contribution in [0.1, 0.15) is 33.6 Å². The Morgan fingerprint density at radius 1 is 1.03 bits per heavy atom. The topological polar surface area (TPSA) is 87.9 Å². The molecule has 0 spiro atoms. The van der Waals surface area contributed by atoms with E-state index in [1.165, 1.54) is 12.1 Å². The van der Waals surface area contributed by atoms with Crippen LogP contribution in [-0.4, -0.2) is 52.7 Å². The predicted molar refractivity (Wildman–Crippen MR) is 122 cm³/mol. The zero-order chi connectivity index (χ0) is 23.0. The average Bonchev–Trinajstić information content (AvgIpc) is 2.99. The number of nitrogens with one attached hydrogen (secondary N) is 1. The molecule has 170 valence electrons. The molecule has 3 amide bonds. The van der Waals surface area contributed by atoms with E-state index >= 15 is 0 Å². The molecular formula is C24H29FN4O3. The summed E-state index contributed by atoms with van der Waals surface area (Å²) in [5, 5.41) is 2.91. The molecule has 4 rings (SSSR count). The van der Waals surface area contributed by atoms with Crippen LogP contribution in [0, 0.1) is 5.82 Å². The Balaban J connectivity index is 1.45. The summed E-state index contributed by atoms with van der Waals surface area (Å²) in [6, 6.07) is 11.1. The summed E-state index contributed by atoms with van der Waals surface area (Å²) in [6.45, 7) is 6.43. The first-order chi connectivity index (χ1) is 15.1. The number of ether oxygens (including phenoxy) is 1. The van der Waals surface area contributed by atoms with Crippen LogP contribution in [0.4, 0.5) is 25.4 Å². The SMILES string of the molecule is CC(C)(C)OC(=O)N1C2CCC1CN(C(=O)Nc1cc(-c3ccc(F)cc3)ccc1N)C2. The number of rotatable bonds is 2. The average molecular weight is 441 g/mol. The number of likely N-dealkylation sites (tertiary alicyclic amines) is 1. The van der Waals surface area contributed by atoms with Crippen LogP contribution in [0.2, 0.25) is 0 Å². The Hall–Kier alpha value is -3.29. The van der Waals surface area contributed by atoms with Crippen LogP contribution in [0.5, 0.6) is 0 Å². The Bertz CT molecular complexity index is 1000. The number of fused-ring (bicyclic) bond motifs is 2. The molecule has 2 unspecified atom stereocenters. The maximum Gasteiger partial charge on any atom is 0.410 e. The third-order valence-electron chi connectivity index (χ3n) is 5.85. The van der Waals surface area contributed by atoms with E-state index in [0.29, 0.717) is 24.5 Å². The molecule has 2 heterocycles. The van der Waals surface area contributed by atoms with Gasteiger partial charge in [0.2, 0.25) is 0 Å². The fourth-order valence-corrected chi connectivity index (χ4v) is 4.36. The summed E-state index contributed by atoms with van der Waals surface area (Å²) in [7, 11) is 0. The number of halogens is 1. The smallest absolute Gasteiger partial charge is 0.410 e. The van der Waals surface area contributed by atoms with E-state index < -0.39 is 5.60 Å². The number of benzene rings is 2. The molecule has 7 nitrogen and oxygen atoms in total. The molecule has 3 N–H and O–H groups in total. The van der Waals surface area contributed by atoms with E-state index in [2.05, 4.69) is 5.32 Å². The molecule has 2 fully saturated rings. The standard InChI is InChI=1S/C24H29FN4O3/c1-24(2,3)32-23(31)29-18-9-10-19(29)14-28(13-18)22(30)27-21-12-16(6-11-20(21)26)15-4-7-17(25)8-5-15/h4-8,11-12,18-19H,9-10,13-14,26H2,1-3H3,(H,27,30). The molecule has 8 heteroatoms. The van der Waals surface area contributed by atoms with Gasteiger partial charge in [0, 0.05) is 13.1 Å². The van der Waals surface area contributed by atoms with E-state index in [4.69, 9.17) is 10.5 Å². The zero-order valence-corrected chi connectivity index (χ0v) is 18.6. The number of amides is 3. The summed E-state index contributed by atoms with van der Waals surface area (Å²) in [6.07, 6.45) is 1.37. The van der Waals surface area contributed by atoms with Gasteiger partial charge in [0.15, 0.2) is 0 Å². The van der Waals surface area contributed by atoms with Crippen LogP contribution in [0.3, 0.4) is 0 Å². The summed E-state index contributed by atoms with van der Waals surface area (Å²) in [5.74, 6) is -0.308. The van der Waals surface area contributed by atoms with E-state index in [9.17, 15) is 14.0 Å². The van der Waals surface area contributed by atoms with Crippen molar-refractivity contribution in [3.8, 4) is 11.1 Å². The normalized spacial score (nSPS) is 20.2. The van der Waals surface area contributed by atoms with Crippen LogP contribution >= 0.6 is 0 Å². The van der Waals surface area contributed by atoms with Crippen LogP contribution in [0.25, 0.3) is 11.1 Å². The Morgan fingerprint density at radius 2 is 1.62 bits per heavy atom. The fourth-order valence-electron chi connectivity index (χ4n) is 4.36. The van der Waals surface area contributed by atoms with Gasteiger partial charge >= 0.3 is 12.1 Å². The van der Waals surface area contributed by atoms with E-state index in [1.54, 1.807) is 34.1 Å². The zero-order valence-electron chi connectivity index (χ0n) is 18.6. The van der Waals surface area contributed by atoms with Crippen LogP contribution in [0.15, 0.2) is 42.5 Å². The van der Waals surface area contributed by atoms with Crippen molar-refractivity contribution >= 4 is 23.5 Å². The van der Waals surface area contributed by atoms with Gasteiger partial charge in [-0.1, -0.05) is 18.2 Å². The molecule has 2 saturated heterocycles. The van der Waals surface area contributed by atoms with E-state index in [1.807, 2.05) is 26.8 Å². The maximum atomic E-state index is 13.2. The lowest BCUT2D eigenvalue weighted by Crippen LogP contribution is -2.58. The van der Waals surface area contributed by atoms with Gasteiger partial charge in [0.05, 0.1) is 23.5 Å². The molecule has 2 atom stereocenters. The highest BCUT2D eigenvalue weighted by atomic mass is 19.1. The fraction of sp³-hybridized carbons (Fsp3) is 0.417. The number of nitrogens with zero attached hydrogens (tertiary/aromatic N) is 2. The molecule has 2 aliphatic heterocycles. The van der Waals surface area contributed by atoms with Crippen molar-refractivity contribution in [2.75, 3.05) is 24.1 Å². The quantitative estimate of drug-likeness (QED) is 0.663. The number of hydrogen-bond acceptors (Lipinski definition) is 4. The van der Waals surface area contributed by atoms with Crippen LogP contribution < -0.4 is 11.1 Å². The molecule has 0 radical (unpaired) electrons. The monoisotopic (exact) mass is 440 g/mol. The van der Waals surface area contributed by atoms with Crippen LogP contribution in [-0.2, 0) is 4.74 Å². The molecule has 2 aliphatic rings. The third kappa shape index (κ3) is 4.64. The minimum atomic E-state index is -0.557. The van der Waals surface area contributed by atoms with Gasteiger partial charge in [0.25, 0.3) is 0 Å². The highest BCUT2D eigenvalue weighted by molar-refractivity contribution is 5.94. The van der Waals surface area contributed by atoms with Gasteiger partial charge in [-0.3, -0.25) is 4.90 Å². The van der Waals surface area contributed by atoms with Crippen molar-refractivity contribution in [2.45, 2.75) is 51.3 Å². The largest absolute Gasteiger partial charge is 0.444 e. The number of nitrogen functional groups attached to an aromatic ring is 1. The summed E-state index contributed by atoms with van der Waals surface area (Å²) >= 11 is 0. The molecule has 0 saturated carbocycles. The van der Waals surface area contributed by atoms with E-state index in [0.717, 1.165) is 24.0 Å². The number of carbonyl (C=O) groups is 2. The van der Waals surface area contributed by atoms with Gasteiger partial charge in [-0.25, -0.2) is 14.0 Å². The summed E-state index contributed by atoms with van der Waals surface area (Å²) < 4.78 is 18.8. The second-order valence-electron chi connectivity index (χ2n) is 9.42. The molecule has 2 aromatic carbocycles. The molecule has 2 aromatic rings. The van der Waals surface area contributed by atoms with Crippen molar-refractivity contribution in [1.29, 1.82) is 0 Å². The number of hydrogen-bond donors (Lipinski definition) is 2. The number of urea groups is 1. The predicted octanol–water partition coefficient (Wildman–Crippen LogP) is 4.69. The lowest BCUT2D eigenvalue weighted by molar-refractivity contribution is 0.000745. The van der Waals surface area contributed by atoms with E-state index in [-0.39, 0.29) is 30.0 Å². The molecule has 0 aromatic heterocycles. The number of nitrogens with two attached hydrogens (primary N) is 1. The Labute approximate surface area is 187 Å². The van der Waals surface area contributed by atoms with Gasteiger partial charge in [-0.05, 0) is 69.0 Å². The molecule has 32 heavy (non-hydrogen) atoms. The third-order valence-corrected chi connectivity index (χ3v) is 5.85. The molecule has 2 bridgehead atoms. The molecular weight excluding hydrogens is 411 g/mol. The first kappa shape index (κ1) is 21.9. The van der Waals surface area contributed by atoms with Crippen molar-refractivity contribution < 1.29 is 18.7 Å². The Morgan fingerprint density at radius 3 is 2.22 bits per heavy atom. The van der Waals surface area contributed by atoms with Gasteiger partial charge in [-0.2, -0.15) is 0 Å². The van der Waals surface area contributed by atoms with Gasteiger partial charge in [0.1, 0.15) is 11.4 Å². The first-order valence-electron chi connectivity index (χ1n) is 10.8. The highest BCUT2D eigenvalue weighted by Gasteiger charge is 2.45. The van der Waals surface area contributed by atoms with Crippen molar-refractivity contribution in [1.82, 2.24) is 9.80 Å². The second kappa shape index (κ2) is 8.33. The maximum absolute atomic E-state index is 13.2. The number of anilines is 2. The molecule has 0 aliphatic carbocycles.